The first-order valence-corrected chi connectivity index (χ1v) is 30.9. The minimum absolute atomic E-state index is 0.0292. The van der Waals surface area contributed by atoms with Crippen LogP contribution in [0.15, 0.2) is 29.3 Å². The summed E-state index contributed by atoms with van der Waals surface area (Å²) in [6.45, 7) is 6.83. The summed E-state index contributed by atoms with van der Waals surface area (Å²) in [5.74, 6) is -18.5. The van der Waals surface area contributed by atoms with Crippen molar-refractivity contribution in [2.45, 2.75) is 197 Å². The van der Waals surface area contributed by atoms with Gasteiger partial charge >= 0.3 is 5.97 Å². The molecule has 0 radical (unpaired) electrons. The van der Waals surface area contributed by atoms with E-state index in [0.29, 0.717) is 19.4 Å². The van der Waals surface area contributed by atoms with Crippen LogP contribution in [0, 0.1) is 11.8 Å². The Balaban J connectivity index is 3.68. The first-order chi connectivity index (χ1) is 44.9. The van der Waals surface area contributed by atoms with Crippen molar-refractivity contribution in [1.82, 2.24) is 53.2 Å². The Hall–Kier alpha value is -9.82. The van der Waals surface area contributed by atoms with E-state index in [1.807, 2.05) is 0 Å². The van der Waals surface area contributed by atoms with Crippen LogP contribution in [0.4, 0.5) is 0 Å². The van der Waals surface area contributed by atoms with Gasteiger partial charge in [0.25, 0.3) is 0 Å². The van der Waals surface area contributed by atoms with Gasteiger partial charge in [-0.05, 0) is 94.4 Å². The number of nitrogens with zero attached hydrogens (tertiary/aromatic N) is 1. The van der Waals surface area contributed by atoms with E-state index in [1.54, 1.807) is 13.8 Å². The number of hydrogen-bond donors (Lipinski definition) is 22. The van der Waals surface area contributed by atoms with E-state index in [0.717, 1.165) is 6.92 Å². The maximum Gasteiger partial charge on any atom is 0.326 e. The smallest absolute Gasteiger partial charge is 0.326 e. The van der Waals surface area contributed by atoms with Crippen LogP contribution in [0.5, 0.6) is 5.75 Å². The fourth-order valence-corrected chi connectivity index (χ4v) is 9.06. The van der Waals surface area contributed by atoms with Crippen molar-refractivity contribution in [3.8, 4) is 5.75 Å². The fourth-order valence-electron chi connectivity index (χ4n) is 9.06. The van der Waals surface area contributed by atoms with E-state index in [2.05, 4.69) is 58.2 Å². The quantitative estimate of drug-likeness (QED) is 0.0164. The van der Waals surface area contributed by atoms with Gasteiger partial charge in [-0.3, -0.25) is 72.1 Å². The van der Waals surface area contributed by atoms with Gasteiger partial charge in [0.1, 0.15) is 66.2 Å². The molecule has 96 heavy (non-hydrogen) atoms. The van der Waals surface area contributed by atoms with Gasteiger partial charge in [-0.2, -0.15) is 0 Å². The predicted molar refractivity (Wildman–Crippen MR) is 342 cm³/mol. The molecule has 38 heteroatoms. The normalized spacial score (nSPS) is 14.8. The lowest BCUT2D eigenvalue weighted by atomic mass is 9.98. The van der Waals surface area contributed by atoms with E-state index in [-0.39, 0.29) is 55.4 Å². The molecule has 14 amide bonds. The van der Waals surface area contributed by atoms with Gasteiger partial charge in [0.2, 0.25) is 82.7 Å². The second-order valence-electron chi connectivity index (χ2n) is 23.5. The van der Waals surface area contributed by atoms with Crippen molar-refractivity contribution < 1.29 is 92.3 Å². The Morgan fingerprint density at radius 3 is 1.29 bits per heavy atom. The van der Waals surface area contributed by atoms with Gasteiger partial charge in [-0.1, -0.05) is 46.2 Å². The van der Waals surface area contributed by atoms with E-state index in [9.17, 15) is 92.3 Å². The molecule has 1 rings (SSSR count). The highest BCUT2D eigenvalue weighted by Crippen LogP contribution is 2.15. The van der Waals surface area contributed by atoms with Gasteiger partial charge < -0.3 is 119 Å². The molecule has 0 spiro atoms. The molecule has 0 unspecified atom stereocenters. The number of primary amides is 4. The zero-order valence-corrected chi connectivity index (χ0v) is 54.4. The van der Waals surface area contributed by atoms with Gasteiger partial charge in [-0.15, -0.1) is 0 Å². The Labute approximate surface area is 553 Å². The second kappa shape index (κ2) is 43.2. The van der Waals surface area contributed by atoms with Crippen LogP contribution in [0.25, 0.3) is 0 Å². The summed E-state index contributed by atoms with van der Waals surface area (Å²) in [6, 6.07) is -13.1. The number of aliphatic imine (C=N–C) groups is 1. The number of aromatic hydroxyl groups is 1. The van der Waals surface area contributed by atoms with Crippen molar-refractivity contribution in [1.29, 1.82) is 0 Å². The van der Waals surface area contributed by atoms with Gasteiger partial charge in [0.15, 0.2) is 5.96 Å². The Morgan fingerprint density at radius 2 is 0.865 bits per heavy atom. The topological polar surface area (TPSA) is 678 Å². The number of nitrogens with one attached hydrogen (secondary N) is 10. The van der Waals surface area contributed by atoms with Crippen molar-refractivity contribution in [3.05, 3.63) is 29.8 Å². The third-order valence-corrected chi connectivity index (χ3v) is 14.3. The first kappa shape index (κ1) is 84.2. The Kier molecular flexibility index (Phi) is 37.9. The molecule has 0 aromatic heterocycles. The van der Waals surface area contributed by atoms with Crippen LogP contribution in [0.1, 0.15) is 124 Å². The van der Waals surface area contributed by atoms with Crippen molar-refractivity contribution in [2.75, 3.05) is 19.7 Å². The number of hydrogen-bond acceptors (Lipinski definition) is 21. The van der Waals surface area contributed by atoms with E-state index < -0.39 is 225 Å². The zero-order chi connectivity index (χ0) is 73.1. The largest absolute Gasteiger partial charge is 0.508 e. The van der Waals surface area contributed by atoms with E-state index in [1.165, 1.54) is 38.1 Å². The summed E-state index contributed by atoms with van der Waals surface area (Å²) in [6.07, 6.45) is -5.66. The molecule has 0 heterocycles. The summed E-state index contributed by atoms with van der Waals surface area (Å²) in [5.41, 5.74) is 44.0. The number of unbranched alkanes of at least 4 members (excludes halogenated alkanes) is 1. The molecule has 0 aliphatic carbocycles. The SMILES string of the molecule is CC(C)C[C@H](NC(=O)[C@@H](NC(=O)[C@@H](NC(=O)[C@H](CO)NC(=O)[C@@H](N)CCCCN)[C@@H](C)O)C(C)C)C(=O)N[C@@H](CCC(N)=O)C(=O)N[C@@H](CCC(N)=O)C(=O)N[C@@H](CCC(N)=O)C(=O)N[C@@H](Cc1ccc(O)cc1)C(=O)N[C@@H](CC(N)=O)C(=O)N[C@@H](CCCN=C(N)N)C(=O)O. The van der Waals surface area contributed by atoms with Gasteiger partial charge in [-0.25, -0.2) is 4.79 Å². The van der Waals surface area contributed by atoms with Crippen molar-refractivity contribution in [3.63, 3.8) is 0 Å². The molecular formula is C58H97N19O19. The van der Waals surface area contributed by atoms with Gasteiger partial charge in [0, 0.05) is 32.2 Å². The van der Waals surface area contributed by atoms with E-state index in [4.69, 9.17) is 45.9 Å². The number of aliphatic carboxylic acids is 1. The number of nitrogens with two attached hydrogens (primary N) is 8. The van der Waals surface area contributed by atoms with Crippen LogP contribution in [-0.4, -0.2) is 207 Å². The second-order valence-corrected chi connectivity index (χ2v) is 23.5. The maximum atomic E-state index is 14.4. The molecule has 1 aromatic rings. The Bertz CT molecular complexity index is 2880. The maximum absolute atomic E-state index is 14.4. The highest BCUT2D eigenvalue weighted by Gasteiger charge is 2.38. The molecule has 30 N–H and O–H groups in total. The lowest BCUT2D eigenvalue weighted by molar-refractivity contribution is -0.142. The molecule has 0 aliphatic rings. The molecule has 538 valence electrons. The standard InChI is InChI=1S/C58H97N19O19/c1-27(2)23-37(74-55(93)45(28(3)4)76-56(94)46(29(5)79)77-54(92)40(26-78)75-47(85)32(60)9-6-7-21-59)51(89)70-34(16-19-42(62)82)49(87)68-33(15-18-41(61)81)48(86)69-35(17-20-43(63)83)50(88)72-38(24-30-11-13-31(80)14-12-30)52(90)73-39(25-44(64)84)53(91)71-36(57(95)96)10-8-22-67-58(65)66/h11-14,27-29,32-40,45-46,78-80H,6-10,15-26,59-60H2,1-5H3,(H2,61,81)(H2,62,82)(H2,63,83)(H2,64,84)(H,68,87)(H,69,86)(H,70,89)(H,71,91)(H,72,88)(H,73,90)(H,74,93)(H,75,85)(H,76,94)(H,77,92)(H,95,96)(H4,65,66,67)/t29-,32+,33+,34+,35+,36+,37+,38+,39+,40+,45+,46+/m1/s1. The van der Waals surface area contributed by atoms with Crippen LogP contribution in [-0.2, 0) is 78.3 Å². The summed E-state index contributed by atoms with van der Waals surface area (Å²) < 4.78 is 0. The fraction of sp³-hybridized carbons (Fsp3) is 0.621. The van der Waals surface area contributed by atoms with Crippen molar-refractivity contribution >= 4 is 94.6 Å². The number of guanidine groups is 1. The number of carboxylic acids is 1. The summed E-state index contributed by atoms with van der Waals surface area (Å²) in [5, 5.41) is 63.9. The van der Waals surface area contributed by atoms with Crippen molar-refractivity contribution in [2.24, 2.45) is 62.7 Å². The van der Waals surface area contributed by atoms with E-state index >= 15 is 0 Å². The molecule has 0 fully saturated rings. The van der Waals surface area contributed by atoms with Crippen LogP contribution < -0.4 is 99.0 Å². The summed E-state index contributed by atoms with van der Waals surface area (Å²) >= 11 is 0. The number of phenols is 1. The van der Waals surface area contributed by atoms with Crippen LogP contribution in [0.3, 0.4) is 0 Å². The van der Waals surface area contributed by atoms with Crippen LogP contribution in [0.2, 0.25) is 0 Å². The minimum atomic E-state index is -1.87. The number of phenolic OH excluding ortho intramolecular Hbond substituents is 1. The number of aliphatic hydroxyl groups excluding tert-OH is 2. The number of carbonyl (C=O) groups is 15. The molecule has 38 nitrogen and oxygen atoms in total. The molecule has 0 saturated carbocycles. The molecule has 0 aliphatic heterocycles. The third-order valence-electron chi connectivity index (χ3n) is 14.3. The number of aliphatic hydroxyl groups is 2. The predicted octanol–water partition coefficient (Wildman–Crippen LogP) is -8.88. The van der Waals surface area contributed by atoms with Gasteiger partial charge in [0.05, 0.1) is 25.2 Å². The zero-order valence-electron chi connectivity index (χ0n) is 54.4. The molecule has 0 saturated heterocycles. The summed E-state index contributed by atoms with van der Waals surface area (Å²) in [7, 11) is 0. The summed E-state index contributed by atoms with van der Waals surface area (Å²) in [4.78, 5) is 204. The number of amides is 14. The molecule has 12 atom stereocenters. The number of rotatable bonds is 47. The minimum Gasteiger partial charge on any atom is -0.508 e. The highest BCUT2D eigenvalue weighted by atomic mass is 16.4. The number of carbonyl (C=O) groups excluding carboxylic acids is 14. The highest BCUT2D eigenvalue weighted by molar-refractivity contribution is 6.00. The lowest BCUT2D eigenvalue weighted by Gasteiger charge is -2.30. The molecule has 0 bridgehead atoms. The molecule has 1 aromatic carbocycles. The Morgan fingerprint density at radius 1 is 0.458 bits per heavy atom. The first-order valence-electron chi connectivity index (χ1n) is 30.9. The average molecular weight is 1360 g/mol. The number of benzene rings is 1. The van der Waals surface area contributed by atoms with Crippen LogP contribution >= 0.6 is 0 Å². The third kappa shape index (κ3) is 32.8. The number of carboxylic acid groups (broad SMARTS) is 1. The average Bonchev–Trinajstić information content (AvgIpc) is 1.03. The lowest BCUT2D eigenvalue weighted by Crippen LogP contribution is -2.63. The molecular weight excluding hydrogens is 1270 g/mol. The monoisotopic (exact) mass is 1360 g/mol.